The summed E-state index contributed by atoms with van der Waals surface area (Å²) in [5, 5.41) is 14.7. The largest absolute Gasteiger partial charge is 0.271 e. The van der Waals surface area contributed by atoms with Crippen molar-refractivity contribution in [3.05, 3.63) is 214 Å². The van der Waals surface area contributed by atoms with Gasteiger partial charge in [0.2, 0.25) is 0 Å². The van der Waals surface area contributed by atoms with Crippen LogP contribution < -0.4 is 9.80 Å². The highest BCUT2D eigenvalue weighted by atomic mass is 16.2. The fourth-order valence-electron chi connectivity index (χ4n) is 19.1. The van der Waals surface area contributed by atoms with Gasteiger partial charge in [-0.2, -0.15) is 0 Å². The topological polar surface area (TPSA) is 150 Å². The number of benzene rings is 14. The summed E-state index contributed by atoms with van der Waals surface area (Å²) in [5.74, 6) is -3.27. The number of imide groups is 4. The Hall–Kier alpha value is -11.2. The molecule has 14 aromatic rings. The van der Waals surface area contributed by atoms with E-state index in [0.717, 1.165) is 204 Å². The van der Waals surface area contributed by atoms with Gasteiger partial charge in [-0.25, -0.2) is 9.80 Å². The first kappa shape index (κ1) is 66.7. The molecule has 0 saturated heterocycles. The molecule has 14 aromatic carbocycles. The Labute approximate surface area is 614 Å². The number of nitrogens with zero attached hydrogens (tertiary/aromatic N) is 4. The quantitative estimate of drug-likeness (QED) is 0.0238. The van der Waals surface area contributed by atoms with Crippen LogP contribution in [0, 0.1) is 0 Å². The zero-order valence-electron chi connectivity index (χ0n) is 60.5. The molecule has 0 saturated carbocycles. The van der Waals surface area contributed by atoms with Crippen LogP contribution in [0.4, 0.5) is 11.4 Å². The third-order valence-corrected chi connectivity index (χ3v) is 24.2. The molecule has 0 aromatic heterocycles. The lowest BCUT2D eigenvalue weighted by molar-refractivity contribution is 0.0501. The molecule has 4 aliphatic rings. The third kappa shape index (κ3) is 9.91. The zero-order chi connectivity index (χ0) is 72.5. The Kier molecular flexibility index (Phi) is 16.6. The number of amides is 8. The molecular weight excluding hydrogens is 1310 g/mol. The van der Waals surface area contributed by atoms with E-state index in [9.17, 15) is 19.2 Å². The van der Waals surface area contributed by atoms with Crippen molar-refractivity contribution >= 4 is 166 Å². The van der Waals surface area contributed by atoms with Crippen LogP contribution >= 0.6 is 0 Å². The Bertz CT molecular complexity index is 5530. The van der Waals surface area contributed by atoms with Crippen LogP contribution in [0.3, 0.4) is 0 Å². The number of rotatable bonds is 25. The second kappa shape index (κ2) is 26.4. The van der Waals surface area contributed by atoms with Crippen LogP contribution in [-0.4, -0.2) is 69.1 Å². The molecule has 12 heteroatoms. The van der Waals surface area contributed by atoms with Gasteiger partial charge in [-0.3, -0.25) is 48.2 Å². The molecule has 18 rings (SSSR count). The molecule has 526 valence electrons. The van der Waals surface area contributed by atoms with Gasteiger partial charge in [-0.05, 0) is 173 Å². The fourth-order valence-corrected chi connectivity index (χ4v) is 19.1. The molecule has 12 nitrogen and oxygen atoms in total. The highest BCUT2D eigenvalue weighted by molar-refractivity contribution is 6.47. The third-order valence-electron chi connectivity index (χ3n) is 24.2. The van der Waals surface area contributed by atoms with E-state index in [1.54, 1.807) is 46.2 Å². The summed E-state index contributed by atoms with van der Waals surface area (Å²) >= 11 is 0. The Morgan fingerprint density at radius 1 is 0.226 bits per heavy atom. The number of anilines is 2. The van der Waals surface area contributed by atoms with Gasteiger partial charge in [0.1, 0.15) is 0 Å². The van der Waals surface area contributed by atoms with Crippen LogP contribution in [0.1, 0.15) is 239 Å². The van der Waals surface area contributed by atoms with Gasteiger partial charge < -0.3 is 0 Å². The molecule has 4 heterocycles. The molecule has 0 bridgehead atoms. The van der Waals surface area contributed by atoms with E-state index in [4.69, 9.17) is 0 Å². The Morgan fingerprint density at radius 2 is 0.462 bits per heavy atom. The summed E-state index contributed by atoms with van der Waals surface area (Å²) < 4.78 is 0. The second-order valence-electron chi connectivity index (χ2n) is 30.2. The van der Waals surface area contributed by atoms with Gasteiger partial charge in [-0.15, -0.1) is 0 Å². The number of hydrogen-bond donors (Lipinski definition) is 0. The first-order chi connectivity index (χ1) is 51.9. The SMILES string of the molecule is CCCCCCC(CCCCCC)N1C(=O)c2ccc3c4ccc5c6c(ccc(c7ccc(c2c37)C1=O)c64)C(=O)N(c1ccc2ccccc2c1-c1c(N2C(=O)c3ccc4c6ccc7c8c(ccc(c9ccc(c3c49)C2=O)c86)C(=O)N(C(CCCCCC)CCCCCC)C7=O)ccc2ccccc12)C5=O. The van der Waals surface area contributed by atoms with Gasteiger partial charge in [0.05, 0.1) is 11.4 Å². The number of hydrogen-bond acceptors (Lipinski definition) is 8. The second-order valence-corrected chi connectivity index (χ2v) is 30.2. The van der Waals surface area contributed by atoms with Crippen LogP contribution in [0.25, 0.3) is 119 Å². The minimum atomic E-state index is -0.554. The molecule has 4 aliphatic heterocycles. The molecule has 106 heavy (non-hydrogen) atoms. The van der Waals surface area contributed by atoms with Gasteiger partial charge in [-0.1, -0.05) is 240 Å². The van der Waals surface area contributed by atoms with E-state index in [1.165, 1.54) is 9.80 Å². The summed E-state index contributed by atoms with van der Waals surface area (Å²) in [4.78, 5) is 130. The first-order valence-corrected chi connectivity index (χ1v) is 38.9. The van der Waals surface area contributed by atoms with Crippen molar-refractivity contribution < 1.29 is 38.4 Å². The van der Waals surface area contributed by atoms with E-state index in [-0.39, 0.29) is 47.1 Å². The summed E-state index contributed by atoms with van der Waals surface area (Å²) in [6.07, 6.45) is 19.9. The van der Waals surface area contributed by atoms with Crippen molar-refractivity contribution in [1.82, 2.24) is 9.80 Å². The molecule has 0 fully saturated rings. The molecule has 0 unspecified atom stereocenters. The number of unbranched alkanes of at least 4 members (excludes halogenated alkanes) is 12. The predicted octanol–water partition coefficient (Wildman–Crippen LogP) is 23.2. The highest BCUT2D eigenvalue weighted by Gasteiger charge is 2.44. The average molecular weight is 1400 g/mol. The molecule has 0 aliphatic carbocycles. The standard InChI is InChI=1S/C94H82N4O8/c1-5-9-13-17-27-55(28-18-14-10-6-2)95-87(99)67-43-35-59-63-39-47-71-83-72(48-40-64(79(63)83)60-36-44-68(88(95)100)81(67)77(59)60)92(104)97(91(71)103)75-51-33-53-25-21-23-31-57(53)85(75)86-58-32-24-22-26-54(58)34-52-76(86)98-93(105)73-49-41-65-61-37-45-69-82-70(46-38-62(78(61)82)66-42-50-74(94(98)106)84(73)80(65)66)90(102)96(89(69)101)56(29-19-15-11-7-3)30-20-16-12-8-4/h21-26,31-52,55-56H,5-20,27-30H2,1-4H3. The molecule has 0 radical (unpaired) electrons. The molecule has 0 atom stereocenters. The van der Waals surface area contributed by atoms with Crippen molar-refractivity contribution in [3.8, 4) is 11.1 Å². The summed E-state index contributed by atoms with van der Waals surface area (Å²) in [7, 11) is 0. The van der Waals surface area contributed by atoms with Gasteiger partial charge in [0.25, 0.3) is 47.3 Å². The van der Waals surface area contributed by atoms with E-state index in [0.29, 0.717) is 88.0 Å². The van der Waals surface area contributed by atoms with Crippen LogP contribution in [-0.2, 0) is 0 Å². The maximum Gasteiger partial charge on any atom is 0.266 e. The maximum atomic E-state index is 16.1. The van der Waals surface area contributed by atoms with Gasteiger partial charge >= 0.3 is 0 Å². The van der Waals surface area contributed by atoms with Crippen molar-refractivity contribution in [2.24, 2.45) is 0 Å². The lowest BCUT2D eigenvalue weighted by Gasteiger charge is -2.35. The highest BCUT2D eigenvalue weighted by Crippen LogP contribution is 2.53. The Morgan fingerprint density at radius 3 is 0.708 bits per heavy atom. The minimum Gasteiger partial charge on any atom is -0.271 e. The lowest BCUT2D eigenvalue weighted by atomic mass is 9.81. The smallest absolute Gasteiger partial charge is 0.266 e. The van der Waals surface area contributed by atoms with Crippen molar-refractivity contribution in [2.45, 2.75) is 168 Å². The minimum absolute atomic E-state index is 0.206. The normalized spacial score (nSPS) is 14.7. The van der Waals surface area contributed by atoms with Crippen molar-refractivity contribution in [1.29, 1.82) is 0 Å². The van der Waals surface area contributed by atoms with E-state index in [2.05, 4.69) is 27.7 Å². The van der Waals surface area contributed by atoms with Crippen LogP contribution in [0.5, 0.6) is 0 Å². The fraction of sp³-hybridized carbons (Fsp3) is 0.277. The summed E-state index contributed by atoms with van der Waals surface area (Å²) in [5.41, 5.74) is 4.72. The molecule has 8 amide bonds. The Balaban J connectivity index is 0.738. The van der Waals surface area contributed by atoms with Gasteiger partial charge in [0, 0.05) is 89.3 Å². The summed E-state index contributed by atoms with van der Waals surface area (Å²) in [6, 6.07) is 52.7. The monoisotopic (exact) mass is 1390 g/mol. The number of fused-ring (bicyclic) bond motifs is 6. The predicted molar refractivity (Wildman–Crippen MR) is 428 cm³/mol. The number of carbonyl (C=O) groups excluding carboxylic acids is 8. The van der Waals surface area contributed by atoms with E-state index < -0.39 is 23.6 Å². The van der Waals surface area contributed by atoms with Crippen LogP contribution in [0.15, 0.2) is 170 Å². The number of carbonyl (C=O) groups is 8. The van der Waals surface area contributed by atoms with E-state index >= 15 is 19.2 Å². The van der Waals surface area contributed by atoms with E-state index in [1.807, 2.05) is 133 Å². The van der Waals surface area contributed by atoms with Crippen molar-refractivity contribution in [2.75, 3.05) is 9.80 Å². The first-order valence-electron chi connectivity index (χ1n) is 38.9. The molecule has 0 N–H and O–H groups in total. The van der Waals surface area contributed by atoms with Gasteiger partial charge in [0.15, 0.2) is 0 Å². The van der Waals surface area contributed by atoms with Crippen LogP contribution in [0.2, 0.25) is 0 Å². The molecular formula is C94H82N4O8. The molecule has 0 spiro atoms. The van der Waals surface area contributed by atoms with Crippen molar-refractivity contribution in [3.63, 3.8) is 0 Å². The average Bonchev–Trinajstić information content (AvgIpc) is 0.693. The maximum absolute atomic E-state index is 16.1. The lowest BCUT2D eigenvalue weighted by Crippen LogP contribution is -2.47. The summed E-state index contributed by atoms with van der Waals surface area (Å²) in [6.45, 7) is 8.74. The zero-order valence-corrected chi connectivity index (χ0v) is 60.5.